The fourth-order valence-electron chi connectivity index (χ4n) is 3.50. The molecule has 1 saturated carbocycles. The summed E-state index contributed by atoms with van der Waals surface area (Å²) in [6.07, 6.45) is 6.80. The lowest BCUT2D eigenvalue weighted by Crippen LogP contribution is -2.44. The van der Waals surface area contributed by atoms with Crippen LogP contribution < -0.4 is 5.32 Å². The van der Waals surface area contributed by atoms with E-state index < -0.39 is 0 Å². The second-order valence-electron chi connectivity index (χ2n) is 7.86. The monoisotopic (exact) mass is 273 g/mol. The summed E-state index contributed by atoms with van der Waals surface area (Å²) in [6.45, 7) is 12.5. The van der Waals surface area contributed by atoms with Crippen molar-refractivity contribution in [2.24, 2.45) is 5.41 Å². The zero-order valence-corrected chi connectivity index (χ0v) is 14.0. The third-order valence-electron chi connectivity index (χ3n) is 4.85. The lowest BCUT2D eigenvalue weighted by molar-refractivity contribution is 0.244. The average molecular weight is 273 g/mol. The van der Waals surface area contributed by atoms with Crippen molar-refractivity contribution in [3.63, 3.8) is 0 Å². The van der Waals surface area contributed by atoms with E-state index in [9.17, 15) is 0 Å². The molecule has 0 atom stereocenters. The van der Waals surface area contributed by atoms with Crippen LogP contribution in [0, 0.1) is 19.3 Å². The van der Waals surface area contributed by atoms with Crippen molar-refractivity contribution >= 4 is 0 Å². The number of nitrogens with one attached hydrogen (secondary N) is 1. The Kier molecular flexibility index (Phi) is 4.59. The first-order valence-corrected chi connectivity index (χ1v) is 8.12. The van der Waals surface area contributed by atoms with E-state index in [0.717, 1.165) is 6.54 Å². The molecule has 0 saturated heterocycles. The Morgan fingerprint density at radius 2 is 1.60 bits per heavy atom. The van der Waals surface area contributed by atoms with E-state index >= 15 is 0 Å². The van der Waals surface area contributed by atoms with Gasteiger partial charge in [0.1, 0.15) is 0 Å². The van der Waals surface area contributed by atoms with E-state index in [2.05, 4.69) is 58.1 Å². The van der Waals surface area contributed by atoms with Crippen molar-refractivity contribution in [2.75, 3.05) is 6.54 Å². The van der Waals surface area contributed by atoms with Crippen LogP contribution in [0.15, 0.2) is 18.2 Å². The Morgan fingerprint density at radius 1 is 1.05 bits per heavy atom. The third kappa shape index (κ3) is 3.85. The maximum absolute atomic E-state index is 3.76. The van der Waals surface area contributed by atoms with Crippen LogP contribution in [0.5, 0.6) is 0 Å². The van der Waals surface area contributed by atoms with Crippen molar-refractivity contribution < 1.29 is 0 Å². The molecule has 2 rings (SSSR count). The molecule has 0 heterocycles. The zero-order chi connectivity index (χ0) is 14.8. The van der Waals surface area contributed by atoms with Gasteiger partial charge >= 0.3 is 0 Å². The zero-order valence-electron chi connectivity index (χ0n) is 14.0. The number of hydrogen-bond donors (Lipinski definition) is 1. The second kappa shape index (κ2) is 5.89. The fourth-order valence-corrected chi connectivity index (χ4v) is 3.50. The highest BCUT2D eigenvalue weighted by Crippen LogP contribution is 2.41. The van der Waals surface area contributed by atoms with Gasteiger partial charge in [-0.15, -0.1) is 0 Å². The van der Waals surface area contributed by atoms with E-state index in [1.165, 1.54) is 43.2 Å². The van der Waals surface area contributed by atoms with Gasteiger partial charge in [-0.25, -0.2) is 0 Å². The molecule has 20 heavy (non-hydrogen) atoms. The van der Waals surface area contributed by atoms with Crippen molar-refractivity contribution in [2.45, 2.75) is 72.3 Å². The molecular weight excluding hydrogens is 242 g/mol. The lowest BCUT2D eigenvalue weighted by atomic mass is 9.77. The SMILES string of the molecule is Cc1cccc(C)c1CC1(CNC(C)(C)C)CCCC1. The number of benzene rings is 1. The van der Waals surface area contributed by atoms with E-state index in [1.54, 1.807) is 5.56 Å². The predicted molar refractivity (Wildman–Crippen MR) is 88.3 cm³/mol. The molecular formula is C19H31N. The van der Waals surface area contributed by atoms with Crippen molar-refractivity contribution in [3.05, 3.63) is 34.9 Å². The number of aryl methyl sites for hydroxylation is 2. The van der Waals surface area contributed by atoms with Crippen LogP contribution in [0.2, 0.25) is 0 Å². The van der Waals surface area contributed by atoms with Crippen molar-refractivity contribution in [1.82, 2.24) is 5.32 Å². The van der Waals surface area contributed by atoms with E-state index in [0.29, 0.717) is 5.41 Å². The largest absolute Gasteiger partial charge is 0.312 e. The average Bonchev–Trinajstić information content (AvgIpc) is 2.80. The van der Waals surface area contributed by atoms with Gasteiger partial charge in [-0.1, -0.05) is 31.0 Å². The molecule has 0 unspecified atom stereocenters. The topological polar surface area (TPSA) is 12.0 Å². The van der Waals surface area contributed by atoms with Crippen molar-refractivity contribution in [3.8, 4) is 0 Å². The summed E-state index contributed by atoms with van der Waals surface area (Å²) >= 11 is 0. The summed E-state index contributed by atoms with van der Waals surface area (Å²) in [5, 5.41) is 3.76. The van der Waals surface area contributed by atoms with Crippen LogP contribution in [-0.4, -0.2) is 12.1 Å². The molecule has 1 heteroatoms. The molecule has 0 bridgehead atoms. The van der Waals surface area contributed by atoms with Gasteiger partial charge in [-0.05, 0) is 76.0 Å². The first-order valence-electron chi connectivity index (χ1n) is 8.12. The Bertz CT molecular complexity index is 427. The Hall–Kier alpha value is -0.820. The van der Waals surface area contributed by atoms with Crippen LogP contribution in [0.3, 0.4) is 0 Å². The molecule has 1 aliphatic rings. The molecule has 1 aliphatic carbocycles. The van der Waals surface area contributed by atoms with Gasteiger partial charge in [0.15, 0.2) is 0 Å². The van der Waals surface area contributed by atoms with Crippen LogP contribution in [0.4, 0.5) is 0 Å². The van der Waals surface area contributed by atoms with Crippen molar-refractivity contribution in [1.29, 1.82) is 0 Å². The highest BCUT2D eigenvalue weighted by molar-refractivity contribution is 5.34. The minimum Gasteiger partial charge on any atom is -0.312 e. The number of rotatable bonds is 4. The highest BCUT2D eigenvalue weighted by Gasteiger charge is 2.35. The molecule has 1 aromatic carbocycles. The maximum atomic E-state index is 3.76. The summed E-state index contributed by atoms with van der Waals surface area (Å²) in [7, 11) is 0. The molecule has 1 nitrogen and oxygen atoms in total. The molecule has 0 aliphatic heterocycles. The van der Waals surface area contributed by atoms with Gasteiger partial charge in [-0.3, -0.25) is 0 Å². The predicted octanol–water partition coefficient (Wildman–Crippen LogP) is 4.79. The molecule has 0 spiro atoms. The summed E-state index contributed by atoms with van der Waals surface area (Å²) in [6, 6.07) is 6.72. The fraction of sp³-hybridized carbons (Fsp3) is 0.684. The van der Waals surface area contributed by atoms with Crippen LogP contribution in [-0.2, 0) is 6.42 Å². The molecule has 1 fully saturated rings. The van der Waals surface area contributed by atoms with Gasteiger partial charge in [-0.2, -0.15) is 0 Å². The summed E-state index contributed by atoms with van der Waals surface area (Å²) in [4.78, 5) is 0. The van der Waals surface area contributed by atoms with E-state index in [1.807, 2.05) is 0 Å². The van der Waals surface area contributed by atoms with E-state index in [-0.39, 0.29) is 5.54 Å². The molecule has 0 aromatic heterocycles. The molecule has 0 amide bonds. The van der Waals surface area contributed by atoms with Gasteiger partial charge < -0.3 is 5.32 Å². The van der Waals surface area contributed by atoms with Gasteiger partial charge in [0.25, 0.3) is 0 Å². The quantitative estimate of drug-likeness (QED) is 0.831. The minimum absolute atomic E-state index is 0.219. The van der Waals surface area contributed by atoms with Crippen LogP contribution in [0.1, 0.15) is 63.1 Å². The van der Waals surface area contributed by atoms with Gasteiger partial charge in [0.05, 0.1) is 0 Å². The lowest BCUT2D eigenvalue weighted by Gasteiger charge is -2.34. The second-order valence-corrected chi connectivity index (χ2v) is 7.86. The Morgan fingerprint density at radius 3 is 2.10 bits per heavy atom. The standard InChI is InChI=1S/C19H31N/c1-15-9-8-10-16(2)17(15)13-19(11-6-7-12-19)14-20-18(3,4)5/h8-10,20H,6-7,11-14H2,1-5H3. The third-order valence-corrected chi connectivity index (χ3v) is 4.85. The number of hydrogen-bond acceptors (Lipinski definition) is 1. The summed E-state index contributed by atoms with van der Waals surface area (Å²) in [5.74, 6) is 0. The molecule has 112 valence electrons. The van der Waals surface area contributed by atoms with Crippen LogP contribution >= 0.6 is 0 Å². The first kappa shape index (κ1) is 15.6. The van der Waals surface area contributed by atoms with E-state index in [4.69, 9.17) is 0 Å². The first-order chi connectivity index (χ1) is 9.31. The highest BCUT2D eigenvalue weighted by atomic mass is 15.0. The smallest absolute Gasteiger partial charge is 0.00967 e. The normalized spacial score (nSPS) is 18.4. The summed E-state index contributed by atoms with van der Waals surface area (Å²) < 4.78 is 0. The van der Waals surface area contributed by atoms with Crippen LogP contribution in [0.25, 0.3) is 0 Å². The Labute approximate surface area is 125 Å². The van der Waals surface area contributed by atoms with Gasteiger partial charge in [0.2, 0.25) is 0 Å². The summed E-state index contributed by atoms with van der Waals surface area (Å²) in [5.41, 5.74) is 5.21. The Balaban J connectivity index is 2.17. The molecule has 1 N–H and O–H groups in total. The maximum Gasteiger partial charge on any atom is 0.00967 e. The van der Waals surface area contributed by atoms with Gasteiger partial charge in [0, 0.05) is 12.1 Å². The minimum atomic E-state index is 0.219. The molecule has 1 aromatic rings. The molecule has 0 radical (unpaired) electrons.